The van der Waals surface area contributed by atoms with Crippen LogP contribution in [0.4, 0.5) is 22.0 Å². The van der Waals surface area contributed by atoms with Crippen molar-refractivity contribution in [1.29, 1.82) is 0 Å². The lowest BCUT2D eigenvalue weighted by atomic mass is 10.1. The molecule has 0 amide bonds. The molecule has 9 heteroatoms. The van der Waals surface area contributed by atoms with Gasteiger partial charge in [-0.3, -0.25) is 0 Å². The number of benzene rings is 1. The molecule has 0 N–H and O–H groups in total. The van der Waals surface area contributed by atoms with Gasteiger partial charge in [-0.15, -0.1) is 0 Å². The molecule has 0 saturated carbocycles. The third-order valence-corrected chi connectivity index (χ3v) is 3.69. The molecule has 1 aromatic heterocycles. The average Bonchev–Trinajstić information content (AvgIpc) is 2.33. The first-order valence-corrected chi connectivity index (χ1v) is 6.33. The van der Waals surface area contributed by atoms with Crippen LogP contribution in [0.5, 0.6) is 0 Å². The van der Waals surface area contributed by atoms with E-state index in [-0.39, 0.29) is 26.7 Å². The highest BCUT2D eigenvalue weighted by atomic mass is 35.5. The zero-order valence-electron chi connectivity index (χ0n) is 9.70. The van der Waals surface area contributed by atoms with Gasteiger partial charge in [0.2, 0.25) is 5.95 Å². The van der Waals surface area contributed by atoms with Gasteiger partial charge in [-0.1, -0.05) is 34.8 Å². The Balaban J connectivity index is 2.66. The molecular formula is C12H3Cl3F5N. The van der Waals surface area contributed by atoms with Crippen molar-refractivity contribution in [2.24, 2.45) is 0 Å². The first kappa shape index (κ1) is 16.3. The van der Waals surface area contributed by atoms with Gasteiger partial charge in [-0.25, -0.2) is 9.37 Å². The van der Waals surface area contributed by atoms with Gasteiger partial charge in [0.1, 0.15) is 5.82 Å². The Morgan fingerprint density at radius 3 is 1.86 bits per heavy atom. The van der Waals surface area contributed by atoms with E-state index in [1.165, 1.54) is 0 Å². The molecule has 0 aliphatic heterocycles. The SMILES string of the molecule is Fc1cc(C(F)(F)F)nc(F)c1-c1cc(Cl)c(Cl)c(Cl)c1. The number of aromatic nitrogens is 1. The highest BCUT2D eigenvalue weighted by Crippen LogP contribution is 2.38. The van der Waals surface area contributed by atoms with E-state index in [9.17, 15) is 22.0 Å². The fraction of sp³-hybridized carbons (Fsp3) is 0.0833. The quantitative estimate of drug-likeness (QED) is 0.344. The zero-order chi connectivity index (χ0) is 15.9. The summed E-state index contributed by atoms with van der Waals surface area (Å²) in [5, 5.41) is -0.238. The molecule has 0 bridgehead atoms. The van der Waals surface area contributed by atoms with Crippen molar-refractivity contribution in [3.05, 3.63) is 50.7 Å². The second-order valence-corrected chi connectivity index (χ2v) is 5.10. The molecule has 0 aliphatic rings. The molecule has 0 radical (unpaired) electrons. The summed E-state index contributed by atoms with van der Waals surface area (Å²) in [5.41, 5.74) is -2.62. The normalized spacial score (nSPS) is 11.8. The summed E-state index contributed by atoms with van der Waals surface area (Å²) in [5.74, 6) is -3.07. The lowest BCUT2D eigenvalue weighted by molar-refractivity contribution is -0.141. The summed E-state index contributed by atoms with van der Waals surface area (Å²) in [6.07, 6.45) is -4.96. The van der Waals surface area contributed by atoms with Crippen LogP contribution in [-0.4, -0.2) is 4.98 Å². The van der Waals surface area contributed by atoms with E-state index in [0.717, 1.165) is 12.1 Å². The van der Waals surface area contributed by atoms with Crippen molar-refractivity contribution in [2.75, 3.05) is 0 Å². The van der Waals surface area contributed by atoms with Crippen molar-refractivity contribution in [3.8, 4) is 11.1 Å². The van der Waals surface area contributed by atoms with Gasteiger partial charge < -0.3 is 0 Å². The van der Waals surface area contributed by atoms with E-state index in [1.54, 1.807) is 0 Å². The van der Waals surface area contributed by atoms with Crippen molar-refractivity contribution in [1.82, 2.24) is 4.98 Å². The molecule has 0 saturated heterocycles. The first-order chi connectivity index (χ1) is 9.61. The Morgan fingerprint density at radius 2 is 1.43 bits per heavy atom. The van der Waals surface area contributed by atoms with Crippen LogP contribution in [0.3, 0.4) is 0 Å². The number of hydrogen-bond acceptors (Lipinski definition) is 1. The number of pyridine rings is 1. The summed E-state index contributed by atoms with van der Waals surface area (Å²) < 4.78 is 64.7. The molecule has 0 fully saturated rings. The largest absolute Gasteiger partial charge is 0.433 e. The third-order valence-electron chi connectivity index (χ3n) is 2.49. The number of rotatable bonds is 1. The molecule has 112 valence electrons. The second-order valence-electron chi connectivity index (χ2n) is 3.91. The molecule has 0 atom stereocenters. The fourth-order valence-electron chi connectivity index (χ4n) is 1.59. The highest BCUT2D eigenvalue weighted by Gasteiger charge is 2.35. The highest BCUT2D eigenvalue weighted by molar-refractivity contribution is 6.48. The number of nitrogens with zero attached hydrogens (tertiary/aromatic N) is 1. The number of halogens is 8. The first-order valence-electron chi connectivity index (χ1n) is 5.19. The molecule has 21 heavy (non-hydrogen) atoms. The predicted octanol–water partition coefficient (Wildman–Crippen LogP) is 6.01. The van der Waals surface area contributed by atoms with Crippen molar-refractivity contribution >= 4 is 34.8 Å². The minimum absolute atomic E-state index is 0.0391. The van der Waals surface area contributed by atoms with Gasteiger partial charge in [-0.2, -0.15) is 17.6 Å². The van der Waals surface area contributed by atoms with Gasteiger partial charge in [0.05, 0.1) is 20.6 Å². The molecule has 1 nitrogen and oxygen atoms in total. The van der Waals surface area contributed by atoms with E-state index >= 15 is 0 Å². The van der Waals surface area contributed by atoms with E-state index in [0.29, 0.717) is 0 Å². The number of alkyl halides is 3. The molecular weight excluding hydrogens is 359 g/mol. The topological polar surface area (TPSA) is 12.9 Å². The maximum Gasteiger partial charge on any atom is 0.433 e. The fourth-order valence-corrected chi connectivity index (χ4v) is 2.18. The maximum absolute atomic E-state index is 13.8. The van der Waals surface area contributed by atoms with Gasteiger partial charge in [0.25, 0.3) is 0 Å². The van der Waals surface area contributed by atoms with Crippen LogP contribution in [0, 0.1) is 11.8 Å². The van der Waals surface area contributed by atoms with Crippen LogP contribution in [-0.2, 0) is 6.18 Å². The van der Waals surface area contributed by atoms with Crippen LogP contribution in [0.1, 0.15) is 5.69 Å². The van der Waals surface area contributed by atoms with Gasteiger partial charge >= 0.3 is 6.18 Å². The van der Waals surface area contributed by atoms with E-state index < -0.39 is 29.2 Å². The molecule has 0 aliphatic carbocycles. The molecule has 0 spiro atoms. The minimum Gasteiger partial charge on any atom is -0.214 e. The lowest BCUT2D eigenvalue weighted by Crippen LogP contribution is -2.11. The summed E-state index contributed by atoms with van der Waals surface area (Å²) in [7, 11) is 0. The summed E-state index contributed by atoms with van der Waals surface area (Å²) in [6.45, 7) is 0. The maximum atomic E-state index is 13.8. The smallest absolute Gasteiger partial charge is 0.214 e. The summed E-state index contributed by atoms with van der Waals surface area (Å²) >= 11 is 17.1. The van der Waals surface area contributed by atoms with E-state index in [1.807, 2.05) is 0 Å². The minimum atomic E-state index is -4.96. The Hall–Kier alpha value is -1.11. The standard InChI is InChI=1S/C12H3Cl3F5N/c13-5-1-4(2-6(14)10(5)15)9-7(16)3-8(12(18,19)20)21-11(9)17/h1-3H. The van der Waals surface area contributed by atoms with Crippen LogP contribution in [0.2, 0.25) is 15.1 Å². The van der Waals surface area contributed by atoms with Crippen LogP contribution in [0.25, 0.3) is 11.1 Å². The molecule has 2 aromatic rings. The second kappa shape index (κ2) is 5.59. The van der Waals surface area contributed by atoms with E-state index in [4.69, 9.17) is 34.8 Å². The third kappa shape index (κ3) is 3.22. The zero-order valence-corrected chi connectivity index (χ0v) is 12.0. The van der Waals surface area contributed by atoms with Crippen molar-refractivity contribution in [2.45, 2.75) is 6.18 Å². The van der Waals surface area contributed by atoms with Crippen LogP contribution < -0.4 is 0 Å². The molecule has 1 heterocycles. The summed E-state index contributed by atoms with van der Waals surface area (Å²) in [6, 6.07) is 2.24. The molecule has 2 rings (SSSR count). The van der Waals surface area contributed by atoms with Crippen molar-refractivity contribution < 1.29 is 22.0 Å². The van der Waals surface area contributed by atoms with Crippen LogP contribution in [0.15, 0.2) is 18.2 Å². The van der Waals surface area contributed by atoms with Crippen molar-refractivity contribution in [3.63, 3.8) is 0 Å². The van der Waals surface area contributed by atoms with Gasteiger partial charge in [0.15, 0.2) is 5.69 Å². The number of hydrogen-bond donors (Lipinski definition) is 0. The Labute approximate surface area is 130 Å². The van der Waals surface area contributed by atoms with Gasteiger partial charge in [-0.05, 0) is 17.7 Å². The Bertz CT molecular complexity index is 669. The lowest BCUT2D eigenvalue weighted by Gasteiger charge is -2.11. The monoisotopic (exact) mass is 361 g/mol. The van der Waals surface area contributed by atoms with Gasteiger partial charge in [0, 0.05) is 6.07 Å². The molecule has 1 aromatic carbocycles. The summed E-state index contributed by atoms with van der Waals surface area (Å²) in [4.78, 5) is 2.71. The van der Waals surface area contributed by atoms with Crippen LogP contribution >= 0.6 is 34.8 Å². The Morgan fingerprint density at radius 1 is 0.905 bits per heavy atom. The van der Waals surface area contributed by atoms with E-state index in [2.05, 4.69) is 4.98 Å². The average molecular weight is 363 g/mol. The Kier molecular flexibility index (Phi) is 4.33. The predicted molar refractivity (Wildman–Crippen MR) is 69.6 cm³/mol. The molecule has 0 unspecified atom stereocenters.